The van der Waals surface area contributed by atoms with Gasteiger partial charge in [0.25, 0.3) is 0 Å². The number of nitrogens with zero attached hydrogens (tertiary/aromatic N) is 2. The van der Waals surface area contributed by atoms with Crippen molar-refractivity contribution in [3.63, 3.8) is 0 Å². The van der Waals surface area contributed by atoms with E-state index in [1.165, 1.54) is 11.3 Å². The fourth-order valence-electron chi connectivity index (χ4n) is 2.63. The van der Waals surface area contributed by atoms with Gasteiger partial charge in [-0.2, -0.15) is 5.26 Å². The summed E-state index contributed by atoms with van der Waals surface area (Å²) in [6.07, 6.45) is 2.12. The summed E-state index contributed by atoms with van der Waals surface area (Å²) in [6, 6.07) is 1.99. The van der Waals surface area contributed by atoms with E-state index in [0.29, 0.717) is 6.42 Å². The third kappa shape index (κ3) is 2.11. The molecule has 1 aliphatic carbocycles. The van der Waals surface area contributed by atoms with Crippen LogP contribution in [0.3, 0.4) is 0 Å². The van der Waals surface area contributed by atoms with Crippen molar-refractivity contribution in [2.75, 3.05) is 7.11 Å². The highest BCUT2D eigenvalue weighted by atomic mass is 32.1. The van der Waals surface area contributed by atoms with Crippen LogP contribution in [0, 0.1) is 23.7 Å². The molecule has 0 saturated heterocycles. The molecule has 0 spiro atoms. The fourth-order valence-corrected chi connectivity index (χ4v) is 3.28. The second-order valence-electron chi connectivity index (χ2n) is 5.41. The SMILES string of the molecule is COC1(c2ncsc2C)C=C(C#N)C(=O)C(C)(C)C1. The molecule has 1 heterocycles. The van der Waals surface area contributed by atoms with Crippen LogP contribution in [0.4, 0.5) is 0 Å². The molecule has 0 aromatic carbocycles. The maximum absolute atomic E-state index is 12.2. The zero-order chi connectivity index (χ0) is 14.3. The van der Waals surface area contributed by atoms with Gasteiger partial charge in [0, 0.05) is 17.4 Å². The fraction of sp³-hybridized carbons (Fsp3) is 0.500. The number of methoxy groups -OCH3 is 1. The molecular weight excluding hydrogens is 260 g/mol. The average molecular weight is 276 g/mol. The smallest absolute Gasteiger partial charge is 0.178 e. The van der Waals surface area contributed by atoms with Crippen LogP contribution in [0.25, 0.3) is 0 Å². The van der Waals surface area contributed by atoms with Crippen molar-refractivity contribution >= 4 is 17.1 Å². The first kappa shape index (κ1) is 13.9. The lowest BCUT2D eigenvalue weighted by atomic mass is 9.68. The first-order valence-corrected chi connectivity index (χ1v) is 6.88. The monoisotopic (exact) mass is 276 g/mol. The van der Waals surface area contributed by atoms with Gasteiger partial charge in [0.15, 0.2) is 5.78 Å². The number of allylic oxidation sites excluding steroid dienone is 1. The Bertz CT molecular complexity index is 595. The molecule has 1 aliphatic rings. The van der Waals surface area contributed by atoms with E-state index < -0.39 is 11.0 Å². The molecule has 1 unspecified atom stereocenters. The highest BCUT2D eigenvalue weighted by Crippen LogP contribution is 2.45. The first-order chi connectivity index (χ1) is 8.86. The zero-order valence-corrected chi connectivity index (χ0v) is 12.3. The van der Waals surface area contributed by atoms with Gasteiger partial charge in [-0.3, -0.25) is 4.79 Å². The Morgan fingerprint density at radius 2 is 2.21 bits per heavy atom. The molecule has 0 fully saturated rings. The third-order valence-corrected chi connectivity index (χ3v) is 4.33. The van der Waals surface area contributed by atoms with Crippen LogP contribution in [0.15, 0.2) is 17.2 Å². The Balaban J connectivity index is 2.65. The van der Waals surface area contributed by atoms with Crippen LogP contribution >= 0.6 is 11.3 Å². The van der Waals surface area contributed by atoms with E-state index in [4.69, 9.17) is 4.74 Å². The predicted octanol–water partition coefficient (Wildman–Crippen LogP) is 2.74. The maximum atomic E-state index is 12.2. The number of ether oxygens (including phenoxy) is 1. The van der Waals surface area contributed by atoms with Crippen LogP contribution in [-0.4, -0.2) is 17.9 Å². The van der Waals surface area contributed by atoms with Gasteiger partial charge in [-0.1, -0.05) is 13.8 Å². The molecule has 100 valence electrons. The second kappa shape index (κ2) is 4.55. The summed E-state index contributed by atoms with van der Waals surface area (Å²) >= 11 is 1.53. The largest absolute Gasteiger partial charge is 0.368 e. The van der Waals surface area contributed by atoms with Gasteiger partial charge in [0.2, 0.25) is 0 Å². The number of hydrogen-bond donors (Lipinski definition) is 0. The summed E-state index contributed by atoms with van der Waals surface area (Å²) in [4.78, 5) is 17.6. The highest BCUT2D eigenvalue weighted by Gasteiger charge is 2.48. The van der Waals surface area contributed by atoms with E-state index in [1.54, 1.807) is 18.7 Å². The zero-order valence-electron chi connectivity index (χ0n) is 11.5. The Labute approximate surface area is 116 Å². The average Bonchev–Trinajstić information content (AvgIpc) is 2.79. The lowest BCUT2D eigenvalue weighted by molar-refractivity contribution is -0.128. The van der Waals surface area contributed by atoms with E-state index >= 15 is 0 Å². The number of ketones is 1. The second-order valence-corrected chi connectivity index (χ2v) is 6.47. The molecule has 2 rings (SSSR count). The molecule has 0 N–H and O–H groups in total. The summed E-state index contributed by atoms with van der Waals surface area (Å²) in [7, 11) is 1.59. The normalized spacial score (nSPS) is 25.8. The number of hydrogen-bond acceptors (Lipinski definition) is 5. The van der Waals surface area contributed by atoms with Gasteiger partial charge in [-0.05, 0) is 19.4 Å². The number of carbonyl (C=O) groups excluding carboxylic acids is 1. The van der Waals surface area contributed by atoms with Crippen molar-refractivity contribution in [1.82, 2.24) is 4.98 Å². The van der Waals surface area contributed by atoms with Crippen molar-refractivity contribution in [2.24, 2.45) is 5.41 Å². The molecule has 0 radical (unpaired) electrons. The minimum absolute atomic E-state index is 0.129. The highest BCUT2D eigenvalue weighted by molar-refractivity contribution is 7.09. The molecule has 0 aliphatic heterocycles. The van der Waals surface area contributed by atoms with E-state index in [1.807, 2.05) is 26.8 Å². The topological polar surface area (TPSA) is 63.0 Å². The lowest BCUT2D eigenvalue weighted by Crippen LogP contribution is -2.42. The van der Waals surface area contributed by atoms with Crippen LogP contribution in [0.5, 0.6) is 0 Å². The van der Waals surface area contributed by atoms with Crippen molar-refractivity contribution in [1.29, 1.82) is 5.26 Å². The van der Waals surface area contributed by atoms with Crippen molar-refractivity contribution in [2.45, 2.75) is 32.8 Å². The Morgan fingerprint density at radius 1 is 1.53 bits per heavy atom. The standard InChI is InChI=1S/C14H16N2O2S/c1-9-11(16-8-19-9)14(18-4)5-10(6-15)12(17)13(2,3)7-14/h5,8H,7H2,1-4H3. The van der Waals surface area contributed by atoms with Crippen LogP contribution in [-0.2, 0) is 15.1 Å². The third-order valence-electron chi connectivity index (χ3n) is 3.57. The molecule has 1 atom stereocenters. The first-order valence-electron chi connectivity index (χ1n) is 6.00. The molecule has 5 heteroatoms. The van der Waals surface area contributed by atoms with Crippen molar-refractivity contribution < 1.29 is 9.53 Å². The van der Waals surface area contributed by atoms with Gasteiger partial charge in [0.05, 0.1) is 16.8 Å². The van der Waals surface area contributed by atoms with Gasteiger partial charge < -0.3 is 4.74 Å². The Kier molecular flexibility index (Phi) is 3.33. The van der Waals surface area contributed by atoms with Crippen molar-refractivity contribution in [3.05, 3.63) is 27.7 Å². The molecular formula is C14H16N2O2S. The molecule has 1 aromatic rings. The predicted molar refractivity (Wildman–Crippen MR) is 72.6 cm³/mol. The van der Waals surface area contributed by atoms with Crippen LogP contribution in [0.2, 0.25) is 0 Å². The Hall–Kier alpha value is -1.51. The minimum Gasteiger partial charge on any atom is -0.368 e. The number of carbonyl (C=O) groups is 1. The number of aryl methyl sites for hydroxylation is 1. The number of rotatable bonds is 2. The summed E-state index contributed by atoms with van der Waals surface area (Å²) in [5.41, 5.74) is 1.30. The van der Waals surface area contributed by atoms with E-state index in [2.05, 4.69) is 4.98 Å². The minimum atomic E-state index is -0.785. The molecule has 1 aromatic heterocycles. The number of thiazole rings is 1. The molecule has 4 nitrogen and oxygen atoms in total. The molecule has 19 heavy (non-hydrogen) atoms. The van der Waals surface area contributed by atoms with E-state index in [0.717, 1.165) is 10.6 Å². The van der Waals surface area contributed by atoms with Gasteiger partial charge in [0.1, 0.15) is 11.7 Å². The van der Waals surface area contributed by atoms with E-state index in [-0.39, 0.29) is 11.4 Å². The van der Waals surface area contributed by atoms with E-state index in [9.17, 15) is 10.1 Å². The summed E-state index contributed by atoms with van der Waals surface area (Å²) < 4.78 is 5.68. The number of Topliss-reactive ketones (excluding diaryl/α,β-unsaturated/α-hetero) is 1. The van der Waals surface area contributed by atoms with Gasteiger partial charge >= 0.3 is 0 Å². The van der Waals surface area contributed by atoms with Crippen LogP contribution in [0.1, 0.15) is 30.8 Å². The van der Waals surface area contributed by atoms with Crippen molar-refractivity contribution in [3.8, 4) is 6.07 Å². The van der Waals surface area contributed by atoms with Gasteiger partial charge in [-0.15, -0.1) is 11.3 Å². The lowest BCUT2D eigenvalue weighted by Gasteiger charge is -2.39. The summed E-state index contributed by atoms with van der Waals surface area (Å²) in [5, 5.41) is 9.18. The summed E-state index contributed by atoms with van der Waals surface area (Å²) in [5.74, 6) is -0.129. The molecule has 0 amide bonds. The van der Waals surface area contributed by atoms with Gasteiger partial charge in [-0.25, -0.2) is 4.98 Å². The number of aromatic nitrogens is 1. The Morgan fingerprint density at radius 3 is 2.68 bits per heavy atom. The quantitative estimate of drug-likeness (QED) is 0.833. The maximum Gasteiger partial charge on any atom is 0.178 e. The summed E-state index contributed by atoms with van der Waals surface area (Å²) in [6.45, 7) is 5.65. The molecule has 0 saturated carbocycles. The number of nitriles is 1. The van der Waals surface area contributed by atoms with Crippen LogP contribution < -0.4 is 0 Å². The molecule has 0 bridgehead atoms.